The molecule has 0 saturated heterocycles. The fourth-order valence-electron chi connectivity index (χ4n) is 3.06. The molecule has 0 spiro atoms. The summed E-state index contributed by atoms with van der Waals surface area (Å²) in [6.07, 6.45) is 4.44. The van der Waals surface area contributed by atoms with E-state index in [1.807, 2.05) is 35.0 Å². The number of carbonyl (C=O) groups excluding carboxylic acids is 1. The van der Waals surface area contributed by atoms with Gasteiger partial charge in [0.1, 0.15) is 5.75 Å². The Balaban J connectivity index is 1.57. The Morgan fingerprint density at radius 3 is 2.79 bits per heavy atom. The third-order valence-electron chi connectivity index (χ3n) is 4.39. The molecule has 5 heteroatoms. The lowest BCUT2D eigenvalue weighted by Crippen LogP contribution is -2.41. The van der Waals surface area contributed by atoms with E-state index in [-0.39, 0.29) is 5.91 Å². The SMILES string of the molecule is COc1ccc2c(c1)CCN(C(=O)CN(C)Cc1ccncc1)C2. The fourth-order valence-corrected chi connectivity index (χ4v) is 3.06. The molecular formula is C19H23N3O2. The Kier molecular flexibility index (Phi) is 5.11. The zero-order chi connectivity index (χ0) is 16.9. The summed E-state index contributed by atoms with van der Waals surface area (Å²) in [5.41, 5.74) is 3.66. The van der Waals surface area contributed by atoms with E-state index in [9.17, 15) is 4.79 Å². The lowest BCUT2D eigenvalue weighted by atomic mass is 9.99. The molecular weight excluding hydrogens is 302 g/mol. The monoisotopic (exact) mass is 325 g/mol. The molecule has 0 N–H and O–H groups in total. The third kappa shape index (κ3) is 3.92. The Morgan fingerprint density at radius 2 is 2.04 bits per heavy atom. The normalized spacial score (nSPS) is 13.7. The zero-order valence-electron chi connectivity index (χ0n) is 14.2. The van der Waals surface area contributed by atoms with Gasteiger partial charge in [0.15, 0.2) is 0 Å². The maximum atomic E-state index is 12.6. The maximum absolute atomic E-state index is 12.6. The van der Waals surface area contributed by atoms with E-state index >= 15 is 0 Å². The molecule has 0 aliphatic carbocycles. The van der Waals surface area contributed by atoms with Crippen LogP contribution < -0.4 is 4.74 Å². The van der Waals surface area contributed by atoms with Crippen LogP contribution in [0.5, 0.6) is 5.75 Å². The first-order valence-electron chi connectivity index (χ1n) is 8.16. The van der Waals surface area contributed by atoms with Crippen molar-refractivity contribution >= 4 is 5.91 Å². The lowest BCUT2D eigenvalue weighted by Gasteiger charge is -2.30. The minimum absolute atomic E-state index is 0.174. The number of benzene rings is 1. The number of aromatic nitrogens is 1. The van der Waals surface area contributed by atoms with Crippen LogP contribution in [0.15, 0.2) is 42.7 Å². The van der Waals surface area contributed by atoms with Gasteiger partial charge in [-0.1, -0.05) is 6.07 Å². The van der Waals surface area contributed by atoms with E-state index in [0.29, 0.717) is 13.1 Å². The number of pyridine rings is 1. The highest BCUT2D eigenvalue weighted by Crippen LogP contribution is 2.23. The molecule has 3 rings (SSSR count). The van der Waals surface area contributed by atoms with Crippen LogP contribution >= 0.6 is 0 Å². The molecule has 0 atom stereocenters. The number of carbonyl (C=O) groups is 1. The maximum Gasteiger partial charge on any atom is 0.237 e. The van der Waals surface area contributed by atoms with Crippen molar-refractivity contribution in [2.24, 2.45) is 0 Å². The number of methoxy groups -OCH3 is 1. The van der Waals surface area contributed by atoms with E-state index in [4.69, 9.17) is 4.74 Å². The van der Waals surface area contributed by atoms with Gasteiger partial charge in [-0.05, 0) is 54.4 Å². The summed E-state index contributed by atoms with van der Waals surface area (Å²) < 4.78 is 5.27. The summed E-state index contributed by atoms with van der Waals surface area (Å²) in [7, 11) is 3.65. The highest BCUT2D eigenvalue weighted by molar-refractivity contribution is 5.78. The summed E-state index contributed by atoms with van der Waals surface area (Å²) >= 11 is 0. The number of nitrogens with zero attached hydrogens (tertiary/aromatic N) is 3. The van der Waals surface area contributed by atoms with E-state index < -0.39 is 0 Å². The lowest BCUT2D eigenvalue weighted by molar-refractivity contribution is -0.133. The molecule has 1 aromatic carbocycles. The van der Waals surface area contributed by atoms with Crippen LogP contribution in [0.3, 0.4) is 0 Å². The van der Waals surface area contributed by atoms with Gasteiger partial charge in [0, 0.05) is 32.0 Å². The summed E-state index contributed by atoms with van der Waals surface area (Å²) in [6.45, 7) is 2.62. The van der Waals surface area contributed by atoms with Crippen LogP contribution in [0.2, 0.25) is 0 Å². The fraction of sp³-hybridized carbons (Fsp3) is 0.368. The number of hydrogen-bond donors (Lipinski definition) is 0. The van der Waals surface area contributed by atoms with Crippen molar-refractivity contribution < 1.29 is 9.53 Å². The molecule has 5 nitrogen and oxygen atoms in total. The van der Waals surface area contributed by atoms with Crippen molar-refractivity contribution in [2.45, 2.75) is 19.5 Å². The number of rotatable bonds is 5. The molecule has 0 radical (unpaired) electrons. The Hall–Kier alpha value is -2.40. The van der Waals surface area contributed by atoms with Crippen LogP contribution in [0, 0.1) is 0 Å². The first-order valence-corrected chi connectivity index (χ1v) is 8.16. The number of ether oxygens (including phenoxy) is 1. The Bertz CT molecular complexity index is 703. The summed E-state index contributed by atoms with van der Waals surface area (Å²) in [5, 5.41) is 0. The molecule has 1 aromatic heterocycles. The Labute approximate surface area is 142 Å². The van der Waals surface area contributed by atoms with E-state index in [1.54, 1.807) is 19.5 Å². The Morgan fingerprint density at radius 1 is 1.25 bits per heavy atom. The second-order valence-corrected chi connectivity index (χ2v) is 6.23. The van der Waals surface area contributed by atoms with Gasteiger partial charge in [-0.15, -0.1) is 0 Å². The molecule has 1 aliphatic heterocycles. The first-order chi connectivity index (χ1) is 11.7. The van der Waals surface area contributed by atoms with Crippen molar-refractivity contribution in [3.05, 3.63) is 59.4 Å². The molecule has 0 fully saturated rings. The highest BCUT2D eigenvalue weighted by atomic mass is 16.5. The second kappa shape index (κ2) is 7.45. The van der Waals surface area contributed by atoms with Gasteiger partial charge in [0.2, 0.25) is 5.91 Å². The summed E-state index contributed by atoms with van der Waals surface area (Å²) in [5.74, 6) is 1.05. The van der Waals surface area contributed by atoms with Crippen LogP contribution in [-0.2, 0) is 24.3 Å². The molecule has 2 heterocycles. The number of likely N-dealkylation sites (N-methyl/N-ethyl adjacent to an activating group) is 1. The van der Waals surface area contributed by atoms with Crippen molar-refractivity contribution in [2.75, 3.05) is 27.2 Å². The van der Waals surface area contributed by atoms with Crippen LogP contribution in [-0.4, -0.2) is 47.9 Å². The molecule has 0 bridgehead atoms. The molecule has 1 aliphatic rings. The molecule has 2 aromatic rings. The van der Waals surface area contributed by atoms with E-state index in [0.717, 1.165) is 30.8 Å². The van der Waals surface area contributed by atoms with Gasteiger partial charge in [-0.25, -0.2) is 0 Å². The second-order valence-electron chi connectivity index (χ2n) is 6.23. The summed E-state index contributed by atoms with van der Waals surface area (Å²) in [4.78, 5) is 20.6. The molecule has 1 amide bonds. The predicted octanol–water partition coefficient (Wildman–Crippen LogP) is 2.11. The van der Waals surface area contributed by atoms with Gasteiger partial charge in [0.05, 0.1) is 13.7 Å². The minimum atomic E-state index is 0.174. The molecule has 126 valence electrons. The van der Waals surface area contributed by atoms with Gasteiger partial charge in [0.25, 0.3) is 0 Å². The smallest absolute Gasteiger partial charge is 0.237 e. The van der Waals surface area contributed by atoms with Crippen molar-refractivity contribution in [1.29, 1.82) is 0 Å². The average molecular weight is 325 g/mol. The van der Waals surface area contributed by atoms with Crippen molar-refractivity contribution in [3.8, 4) is 5.75 Å². The van der Waals surface area contributed by atoms with Crippen molar-refractivity contribution in [3.63, 3.8) is 0 Å². The number of amides is 1. The van der Waals surface area contributed by atoms with Crippen molar-refractivity contribution in [1.82, 2.24) is 14.8 Å². The van der Waals surface area contributed by atoms with Gasteiger partial charge >= 0.3 is 0 Å². The average Bonchev–Trinajstić information content (AvgIpc) is 2.61. The van der Waals surface area contributed by atoms with Crippen LogP contribution in [0.4, 0.5) is 0 Å². The third-order valence-corrected chi connectivity index (χ3v) is 4.39. The largest absolute Gasteiger partial charge is 0.497 e. The predicted molar refractivity (Wildman–Crippen MR) is 92.7 cm³/mol. The molecule has 0 saturated carbocycles. The summed E-state index contributed by atoms with van der Waals surface area (Å²) in [6, 6.07) is 10.1. The first kappa shape index (κ1) is 16.5. The van der Waals surface area contributed by atoms with Gasteiger partial charge < -0.3 is 9.64 Å². The minimum Gasteiger partial charge on any atom is -0.497 e. The van der Waals surface area contributed by atoms with E-state index in [1.165, 1.54) is 11.1 Å². The topological polar surface area (TPSA) is 45.7 Å². The number of fused-ring (bicyclic) bond motifs is 1. The quantitative estimate of drug-likeness (QED) is 0.845. The van der Waals surface area contributed by atoms with Gasteiger partial charge in [-0.3, -0.25) is 14.7 Å². The highest BCUT2D eigenvalue weighted by Gasteiger charge is 2.21. The standard InChI is InChI=1S/C19H23N3O2/c1-21(12-15-5-8-20-9-6-15)14-19(23)22-10-7-16-11-18(24-2)4-3-17(16)13-22/h3-6,8-9,11H,7,10,12-14H2,1-2H3. The zero-order valence-corrected chi connectivity index (χ0v) is 14.2. The van der Waals surface area contributed by atoms with Gasteiger partial charge in [-0.2, -0.15) is 0 Å². The van der Waals surface area contributed by atoms with E-state index in [2.05, 4.69) is 17.1 Å². The molecule has 24 heavy (non-hydrogen) atoms. The van der Waals surface area contributed by atoms with Crippen LogP contribution in [0.1, 0.15) is 16.7 Å². The molecule has 0 unspecified atom stereocenters. The number of hydrogen-bond acceptors (Lipinski definition) is 4. The van der Waals surface area contributed by atoms with Crippen LogP contribution in [0.25, 0.3) is 0 Å².